The van der Waals surface area contributed by atoms with E-state index < -0.39 is 0 Å². The number of carbonyl (C=O) groups excluding carboxylic acids is 1. The number of ether oxygens (including phenoxy) is 1. The smallest absolute Gasteiger partial charge is 0.239 e. The van der Waals surface area contributed by atoms with Crippen molar-refractivity contribution in [3.8, 4) is 17.3 Å². The topological polar surface area (TPSA) is 80.2 Å². The summed E-state index contributed by atoms with van der Waals surface area (Å²) in [6.07, 6.45) is 8.10. The van der Waals surface area contributed by atoms with E-state index in [2.05, 4.69) is 17.2 Å². The van der Waals surface area contributed by atoms with Crippen LogP contribution in [0.25, 0.3) is 11.5 Å². The number of hydrogen-bond acceptors (Lipinski definition) is 6. The van der Waals surface area contributed by atoms with Crippen LogP contribution < -0.4 is 15.0 Å². The molecule has 29 heavy (non-hydrogen) atoms. The van der Waals surface area contributed by atoms with E-state index in [1.807, 2.05) is 18.0 Å². The average Bonchev–Trinajstić information content (AvgIpc) is 3.36. The Balaban J connectivity index is 1.57. The summed E-state index contributed by atoms with van der Waals surface area (Å²) in [7, 11) is 3.56. The van der Waals surface area contributed by atoms with Crippen LogP contribution in [0.1, 0.15) is 43.9 Å². The molecule has 0 saturated heterocycles. The molecule has 0 unspecified atom stereocenters. The summed E-state index contributed by atoms with van der Waals surface area (Å²) in [6, 6.07) is 3.94. The monoisotopic (exact) mass is 395 g/mol. The summed E-state index contributed by atoms with van der Waals surface area (Å²) in [5.74, 6) is 2.74. The van der Waals surface area contributed by atoms with E-state index in [1.165, 1.54) is 12.8 Å². The fourth-order valence-corrected chi connectivity index (χ4v) is 4.41. The number of likely N-dealkylation sites (N-methyl/N-ethyl adjacent to an activating group) is 1. The Hall–Kier alpha value is -2.70. The molecule has 2 aromatic heterocycles. The van der Waals surface area contributed by atoms with Gasteiger partial charge in [-0.2, -0.15) is 0 Å². The van der Waals surface area contributed by atoms with Crippen LogP contribution in [0.2, 0.25) is 0 Å². The van der Waals surface area contributed by atoms with E-state index in [9.17, 15) is 4.79 Å². The Morgan fingerprint density at radius 3 is 2.90 bits per heavy atom. The third kappa shape index (κ3) is 4.18. The van der Waals surface area contributed by atoms with Crippen molar-refractivity contribution >= 4 is 11.7 Å². The van der Waals surface area contributed by atoms with Crippen molar-refractivity contribution in [2.45, 2.75) is 51.5 Å². The van der Waals surface area contributed by atoms with Crippen LogP contribution in [0.4, 0.5) is 5.82 Å². The zero-order valence-electron chi connectivity index (χ0n) is 17.4. The number of aromatic nitrogens is 3. The van der Waals surface area contributed by atoms with E-state index >= 15 is 0 Å². The van der Waals surface area contributed by atoms with Crippen LogP contribution in [0, 0.1) is 5.92 Å². The highest BCUT2D eigenvalue weighted by molar-refractivity contribution is 5.81. The summed E-state index contributed by atoms with van der Waals surface area (Å²) in [6.45, 7) is 2.50. The van der Waals surface area contributed by atoms with Gasteiger partial charge in [-0.1, -0.05) is 13.3 Å². The molecular weight excluding hydrogens is 366 g/mol. The summed E-state index contributed by atoms with van der Waals surface area (Å²) in [4.78, 5) is 28.6. The van der Waals surface area contributed by atoms with Gasteiger partial charge >= 0.3 is 0 Å². The van der Waals surface area contributed by atoms with Gasteiger partial charge in [0.1, 0.15) is 17.3 Å². The van der Waals surface area contributed by atoms with Gasteiger partial charge in [0.25, 0.3) is 0 Å². The predicted molar refractivity (Wildman–Crippen MR) is 112 cm³/mol. The first-order valence-electron chi connectivity index (χ1n) is 10.5. The van der Waals surface area contributed by atoms with Gasteiger partial charge in [-0.05, 0) is 44.1 Å². The molecule has 4 rings (SSSR count). The van der Waals surface area contributed by atoms with Crippen LogP contribution >= 0.6 is 0 Å². The van der Waals surface area contributed by atoms with Crippen molar-refractivity contribution in [3.63, 3.8) is 0 Å². The van der Waals surface area contributed by atoms with E-state index in [1.54, 1.807) is 19.4 Å². The number of rotatable bonds is 6. The Morgan fingerprint density at radius 2 is 2.14 bits per heavy atom. The Labute approximate surface area is 171 Å². The first-order chi connectivity index (χ1) is 14.0. The molecule has 2 atom stereocenters. The van der Waals surface area contributed by atoms with Crippen molar-refractivity contribution in [2.75, 3.05) is 25.6 Å². The van der Waals surface area contributed by atoms with E-state index in [-0.39, 0.29) is 12.5 Å². The lowest BCUT2D eigenvalue weighted by molar-refractivity contribution is -0.120. The number of hydrogen-bond donors (Lipinski definition) is 1. The maximum absolute atomic E-state index is 12.6. The first-order valence-corrected chi connectivity index (χ1v) is 10.5. The minimum atomic E-state index is 0.0534. The highest BCUT2D eigenvalue weighted by atomic mass is 16.5. The van der Waals surface area contributed by atoms with Gasteiger partial charge in [0.05, 0.1) is 13.7 Å². The van der Waals surface area contributed by atoms with E-state index in [4.69, 9.17) is 14.7 Å². The van der Waals surface area contributed by atoms with Gasteiger partial charge < -0.3 is 15.0 Å². The van der Waals surface area contributed by atoms with Crippen LogP contribution in [0.5, 0.6) is 5.75 Å². The average molecular weight is 396 g/mol. The molecule has 2 heterocycles. The molecule has 7 nitrogen and oxygen atoms in total. The van der Waals surface area contributed by atoms with E-state index in [0.717, 1.165) is 48.5 Å². The number of amides is 1. The zero-order valence-corrected chi connectivity index (χ0v) is 17.4. The largest absolute Gasteiger partial charge is 0.497 e. The zero-order chi connectivity index (χ0) is 20.4. The molecule has 1 N–H and O–H groups in total. The second-order valence-electron chi connectivity index (χ2n) is 8.17. The minimum Gasteiger partial charge on any atom is -0.497 e. The second-order valence-corrected chi connectivity index (χ2v) is 8.17. The minimum absolute atomic E-state index is 0.0534. The third-order valence-electron chi connectivity index (χ3n) is 6.06. The van der Waals surface area contributed by atoms with Gasteiger partial charge in [-0.3, -0.25) is 9.78 Å². The summed E-state index contributed by atoms with van der Waals surface area (Å²) in [5, 5.41) is 3.21. The van der Waals surface area contributed by atoms with Crippen molar-refractivity contribution in [1.29, 1.82) is 0 Å². The molecule has 0 aromatic carbocycles. The molecule has 1 saturated carbocycles. The number of methoxy groups -OCH3 is 1. The normalized spacial score (nSPS) is 20.4. The van der Waals surface area contributed by atoms with Gasteiger partial charge in [-0.15, -0.1) is 0 Å². The molecule has 2 aromatic rings. The number of nitrogens with one attached hydrogen (secondary N) is 1. The molecular formula is C22H29N5O2. The molecule has 0 radical (unpaired) electrons. The van der Waals surface area contributed by atoms with Gasteiger partial charge in [0.15, 0.2) is 5.82 Å². The number of nitrogens with zero attached hydrogens (tertiary/aromatic N) is 4. The van der Waals surface area contributed by atoms with E-state index in [0.29, 0.717) is 23.5 Å². The summed E-state index contributed by atoms with van der Waals surface area (Å²) in [5.41, 5.74) is 2.89. The summed E-state index contributed by atoms with van der Waals surface area (Å²) >= 11 is 0. The second kappa shape index (κ2) is 8.35. The van der Waals surface area contributed by atoms with Gasteiger partial charge in [0.2, 0.25) is 5.91 Å². The number of pyridine rings is 1. The quantitative estimate of drug-likeness (QED) is 0.810. The van der Waals surface area contributed by atoms with Gasteiger partial charge in [0, 0.05) is 36.6 Å². The maximum Gasteiger partial charge on any atom is 0.239 e. The molecule has 0 aliphatic heterocycles. The highest BCUT2D eigenvalue weighted by Crippen LogP contribution is 2.31. The maximum atomic E-state index is 12.6. The highest BCUT2D eigenvalue weighted by Gasteiger charge is 2.27. The summed E-state index contributed by atoms with van der Waals surface area (Å²) < 4.78 is 5.31. The van der Waals surface area contributed by atoms with Gasteiger partial charge in [-0.25, -0.2) is 9.97 Å². The molecule has 7 heteroatoms. The molecule has 2 aliphatic rings. The molecule has 0 bridgehead atoms. The number of anilines is 1. The van der Waals surface area contributed by atoms with Crippen LogP contribution in [-0.2, 0) is 17.6 Å². The molecule has 0 spiro atoms. The standard InChI is InChI=1S/C22H29N5O2/c1-14-6-4-8-17(14)24-20(28)13-27(2)22-16-7-5-9-18(16)25-21(26-22)19-12-15(29-3)10-11-23-19/h10-12,14,17H,4-9,13H2,1-3H3,(H,24,28)/t14-,17+/m1/s1. The molecule has 154 valence electrons. The number of fused-ring (bicyclic) bond motifs is 1. The third-order valence-corrected chi connectivity index (χ3v) is 6.06. The fraction of sp³-hybridized carbons (Fsp3) is 0.545. The van der Waals surface area contributed by atoms with Crippen LogP contribution in [-0.4, -0.2) is 47.6 Å². The van der Waals surface area contributed by atoms with Crippen molar-refractivity contribution in [2.24, 2.45) is 5.92 Å². The Bertz CT molecular complexity index is 901. The SMILES string of the molecule is COc1ccnc(-c2nc3c(c(N(C)CC(=O)N[C@H]4CCC[C@H]4C)n2)CCC3)c1. The number of aryl methyl sites for hydroxylation is 1. The first kappa shape index (κ1) is 19.6. The molecule has 1 amide bonds. The Morgan fingerprint density at radius 1 is 1.28 bits per heavy atom. The lowest BCUT2D eigenvalue weighted by atomic mass is 10.1. The van der Waals surface area contributed by atoms with Crippen LogP contribution in [0.15, 0.2) is 18.3 Å². The predicted octanol–water partition coefficient (Wildman–Crippen LogP) is 2.78. The lowest BCUT2D eigenvalue weighted by Gasteiger charge is -2.23. The number of carbonyl (C=O) groups is 1. The molecule has 2 aliphatic carbocycles. The van der Waals surface area contributed by atoms with Crippen LogP contribution in [0.3, 0.4) is 0 Å². The van der Waals surface area contributed by atoms with Crippen molar-refractivity contribution < 1.29 is 9.53 Å². The fourth-order valence-electron chi connectivity index (χ4n) is 4.41. The molecule has 1 fully saturated rings. The van der Waals surface area contributed by atoms with Crippen molar-refractivity contribution in [1.82, 2.24) is 20.3 Å². The van der Waals surface area contributed by atoms with Crippen molar-refractivity contribution in [3.05, 3.63) is 29.6 Å². The lowest BCUT2D eigenvalue weighted by Crippen LogP contribution is -2.42. The Kier molecular flexibility index (Phi) is 5.65.